The van der Waals surface area contributed by atoms with E-state index >= 15 is 0 Å². The van der Waals surface area contributed by atoms with Crippen LogP contribution in [-0.4, -0.2) is 36.3 Å². The average Bonchev–Trinajstić information content (AvgIpc) is 2.66. The highest BCUT2D eigenvalue weighted by Gasteiger charge is 2.07. The molecule has 2 aromatic carbocycles. The van der Waals surface area contributed by atoms with Crippen molar-refractivity contribution in [2.45, 2.75) is 13.3 Å². The number of phenolic OH excluding ortho intramolecular Hbond substituents is 1. The standard InChI is InChI=1S/C19H21N3O4/c1-2-11-26-17-9-5-15(6-10-17)19(25)20-13-18(24)22-21-12-14-3-7-16(23)8-4-14/h3-10,12,23H,2,11,13H2,1H3,(H,20,25)(H,22,24)/b21-12+. The predicted octanol–water partition coefficient (Wildman–Crippen LogP) is 2.06. The summed E-state index contributed by atoms with van der Waals surface area (Å²) in [5, 5.41) is 15.5. The summed E-state index contributed by atoms with van der Waals surface area (Å²) in [4.78, 5) is 23.7. The lowest BCUT2D eigenvalue weighted by atomic mass is 10.2. The maximum absolute atomic E-state index is 12.0. The molecule has 7 heteroatoms. The van der Waals surface area contributed by atoms with Crippen LogP contribution in [0.5, 0.6) is 11.5 Å². The van der Waals surface area contributed by atoms with Gasteiger partial charge in [-0.3, -0.25) is 9.59 Å². The number of phenols is 1. The van der Waals surface area contributed by atoms with Gasteiger partial charge in [0.25, 0.3) is 11.8 Å². The molecule has 0 unspecified atom stereocenters. The number of ether oxygens (including phenoxy) is 1. The first kappa shape index (κ1) is 19.0. The Hall–Kier alpha value is -3.35. The van der Waals surface area contributed by atoms with Crippen molar-refractivity contribution in [3.05, 3.63) is 59.7 Å². The second kappa shape index (κ2) is 9.83. The summed E-state index contributed by atoms with van der Waals surface area (Å²) in [5.41, 5.74) is 3.48. The topological polar surface area (TPSA) is 100 Å². The lowest BCUT2D eigenvalue weighted by Crippen LogP contribution is -2.34. The number of hydrazone groups is 1. The Labute approximate surface area is 151 Å². The van der Waals surface area contributed by atoms with Crippen LogP contribution in [0.15, 0.2) is 53.6 Å². The van der Waals surface area contributed by atoms with Gasteiger partial charge in [-0.05, 0) is 60.5 Å². The minimum atomic E-state index is -0.448. The van der Waals surface area contributed by atoms with Gasteiger partial charge in [-0.15, -0.1) is 0 Å². The monoisotopic (exact) mass is 355 g/mol. The van der Waals surface area contributed by atoms with Gasteiger partial charge < -0.3 is 15.2 Å². The second-order valence-corrected chi connectivity index (χ2v) is 5.44. The number of hydrogen-bond donors (Lipinski definition) is 3. The van der Waals surface area contributed by atoms with E-state index in [1.807, 2.05) is 6.92 Å². The molecule has 0 aliphatic heterocycles. The summed E-state index contributed by atoms with van der Waals surface area (Å²) in [5.74, 6) is 0.0459. The number of rotatable bonds is 8. The molecule has 0 aliphatic rings. The van der Waals surface area contributed by atoms with Gasteiger partial charge in [-0.25, -0.2) is 5.43 Å². The van der Waals surface area contributed by atoms with E-state index in [0.717, 1.165) is 12.0 Å². The molecule has 0 bridgehead atoms. The Morgan fingerprint density at radius 2 is 1.81 bits per heavy atom. The number of hydrogen-bond acceptors (Lipinski definition) is 5. The predicted molar refractivity (Wildman–Crippen MR) is 98.4 cm³/mol. The molecule has 3 N–H and O–H groups in total. The van der Waals surface area contributed by atoms with E-state index in [9.17, 15) is 14.7 Å². The highest BCUT2D eigenvalue weighted by molar-refractivity contribution is 5.96. The molecule has 0 heterocycles. The molecule has 2 rings (SSSR count). The van der Waals surface area contributed by atoms with Gasteiger partial charge >= 0.3 is 0 Å². The van der Waals surface area contributed by atoms with E-state index in [4.69, 9.17) is 4.74 Å². The number of carbonyl (C=O) groups is 2. The third-order valence-corrected chi connectivity index (χ3v) is 3.29. The molecule has 26 heavy (non-hydrogen) atoms. The average molecular weight is 355 g/mol. The summed E-state index contributed by atoms with van der Waals surface area (Å²) in [7, 11) is 0. The van der Waals surface area contributed by atoms with Gasteiger partial charge in [0, 0.05) is 5.56 Å². The molecule has 0 saturated carbocycles. The van der Waals surface area contributed by atoms with Crippen LogP contribution in [0.2, 0.25) is 0 Å². The Morgan fingerprint density at radius 3 is 2.46 bits per heavy atom. The first-order valence-electron chi connectivity index (χ1n) is 8.20. The first-order chi connectivity index (χ1) is 12.6. The van der Waals surface area contributed by atoms with E-state index < -0.39 is 5.91 Å². The van der Waals surface area contributed by atoms with Crippen LogP contribution in [0, 0.1) is 0 Å². The molecule has 7 nitrogen and oxygen atoms in total. The number of aromatic hydroxyl groups is 1. The number of benzene rings is 2. The molecule has 0 aliphatic carbocycles. The second-order valence-electron chi connectivity index (χ2n) is 5.44. The summed E-state index contributed by atoms with van der Waals surface area (Å²) in [6.07, 6.45) is 2.35. The molecule has 0 radical (unpaired) electrons. The molecule has 0 spiro atoms. The summed E-state index contributed by atoms with van der Waals surface area (Å²) >= 11 is 0. The van der Waals surface area contributed by atoms with Crippen LogP contribution in [-0.2, 0) is 4.79 Å². The minimum absolute atomic E-state index is 0.152. The largest absolute Gasteiger partial charge is 0.508 e. The van der Waals surface area contributed by atoms with Gasteiger partial charge in [-0.2, -0.15) is 5.10 Å². The van der Waals surface area contributed by atoms with Gasteiger partial charge in [0.2, 0.25) is 0 Å². The number of carbonyl (C=O) groups excluding carboxylic acids is 2. The van der Waals surface area contributed by atoms with Crippen LogP contribution >= 0.6 is 0 Å². The lowest BCUT2D eigenvalue weighted by Gasteiger charge is -2.07. The Bertz CT molecular complexity index is 755. The van der Waals surface area contributed by atoms with Crippen LogP contribution < -0.4 is 15.5 Å². The fraction of sp³-hybridized carbons (Fsp3) is 0.211. The molecule has 2 aromatic rings. The highest BCUT2D eigenvalue weighted by atomic mass is 16.5. The zero-order chi connectivity index (χ0) is 18.8. The van der Waals surface area contributed by atoms with Gasteiger partial charge in [0.15, 0.2) is 0 Å². The smallest absolute Gasteiger partial charge is 0.259 e. The molecule has 0 aromatic heterocycles. The maximum atomic E-state index is 12.0. The fourth-order valence-corrected chi connectivity index (χ4v) is 1.96. The fourth-order valence-electron chi connectivity index (χ4n) is 1.96. The third-order valence-electron chi connectivity index (χ3n) is 3.29. The van der Waals surface area contributed by atoms with Gasteiger partial charge in [0.1, 0.15) is 11.5 Å². The van der Waals surface area contributed by atoms with Crippen molar-refractivity contribution in [1.82, 2.24) is 10.7 Å². The van der Waals surface area contributed by atoms with Gasteiger partial charge in [-0.1, -0.05) is 6.92 Å². The zero-order valence-corrected chi connectivity index (χ0v) is 14.4. The Kier molecular flexibility index (Phi) is 7.17. The van der Waals surface area contributed by atoms with Crippen molar-refractivity contribution >= 4 is 18.0 Å². The Balaban J connectivity index is 1.75. The van der Waals surface area contributed by atoms with E-state index in [0.29, 0.717) is 17.9 Å². The summed E-state index contributed by atoms with van der Waals surface area (Å²) in [6.45, 7) is 2.44. The molecule has 0 atom stereocenters. The third kappa shape index (κ3) is 6.27. The number of nitrogens with zero attached hydrogens (tertiary/aromatic N) is 1. The van der Waals surface area contributed by atoms with E-state index in [1.54, 1.807) is 36.4 Å². The van der Waals surface area contributed by atoms with Crippen LogP contribution in [0.4, 0.5) is 0 Å². The molecule has 0 fully saturated rings. The van der Waals surface area contributed by atoms with Crippen molar-refractivity contribution in [3.8, 4) is 11.5 Å². The number of amides is 2. The summed E-state index contributed by atoms with van der Waals surface area (Å²) < 4.78 is 5.45. The summed E-state index contributed by atoms with van der Waals surface area (Å²) in [6, 6.07) is 13.0. The van der Waals surface area contributed by atoms with E-state index in [2.05, 4.69) is 15.8 Å². The van der Waals surface area contributed by atoms with Crippen LogP contribution in [0.3, 0.4) is 0 Å². The van der Waals surface area contributed by atoms with Crippen molar-refractivity contribution in [1.29, 1.82) is 0 Å². The van der Waals surface area contributed by atoms with E-state index in [1.165, 1.54) is 18.3 Å². The quantitative estimate of drug-likeness (QED) is 0.498. The maximum Gasteiger partial charge on any atom is 0.259 e. The van der Waals surface area contributed by atoms with Crippen molar-refractivity contribution in [2.75, 3.05) is 13.2 Å². The van der Waals surface area contributed by atoms with Crippen molar-refractivity contribution in [3.63, 3.8) is 0 Å². The molecular formula is C19H21N3O4. The molecule has 136 valence electrons. The first-order valence-corrected chi connectivity index (χ1v) is 8.20. The highest BCUT2D eigenvalue weighted by Crippen LogP contribution is 2.12. The minimum Gasteiger partial charge on any atom is -0.508 e. The molecule has 0 saturated heterocycles. The van der Waals surface area contributed by atoms with Crippen molar-refractivity contribution in [2.24, 2.45) is 5.10 Å². The lowest BCUT2D eigenvalue weighted by molar-refractivity contribution is -0.120. The zero-order valence-electron chi connectivity index (χ0n) is 14.4. The van der Waals surface area contributed by atoms with Crippen LogP contribution in [0.25, 0.3) is 0 Å². The SMILES string of the molecule is CCCOc1ccc(C(=O)NCC(=O)N/N=C/c2ccc(O)cc2)cc1. The normalized spacial score (nSPS) is 10.5. The van der Waals surface area contributed by atoms with Gasteiger partial charge in [0.05, 0.1) is 19.4 Å². The van der Waals surface area contributed by atoms with Crippen molar-refractivity contribution < 1.29 is 19.4 Å². The van der Waals surface area contributed by atoms with Crippen LogP contribution in [0.1, 0.15) is 29.3 Å². The molecular weight excluding hydrogens is 334 g/mol. The van der Waals surface area contributed by atoms with E-state index in [-0.39, 0.29) is 18.2 Å². The molecule has 2 amide bonds. The number of nitrogens with one attached hydrogen (secondary N) is 2. The Morgan fingerprint density at radius 1 is 1.12 bits per heavy atom.